The molecule has 0 atom stereocenters. The fourth-order valence-corrected chi connectivity index (χ4v) is 17.3. The molecular formula is C91H91Cl3F11N9O5. The molecule has 14 nitrogen and oxygen atoms in total. The SMILES string of the molecule is N#Cc1cccc(-c2ccc(C3(OCC(=O)Nc4ccc(Cl)c(C(F)(F)F)c4)CCN(CCO)CC3)cc2)c1.O=C(CNC1(c2ccc(-c3ccc(C(F)(F)F)cc3)cc2)CCN(C2CCCC2)CC1)Nc1ccc(F)c(Cl)c1.O=C(CNC1(c2ccc(-c3cccc(C(F)(F)F)c3)cc2)CCN(C2CCCC2)CC1)Nc1ccc(F)c(Cl)c1. The quantitative estimate of drug-likeness (QED) is 0.0356. The second-order valence-corrected chi connectivity index (χ2v) is 32.1. The number of nitrogens with one attached hydrogen (secondary N) is 5. The Kier molecular flexibility index (Phi) is 29.5. The first-order chi connectivity index (χ1) is 56.9. The van der Waals surface area contributed by atoms with Gasteiger partial charge in [-0.3, -0.25) is 25.0 Å². The summed E-state index contributed by atoms with van der Waals surface area (Å²) in [4.78, 5) is 45.6. The van der Waals surface area contributed by atoms with Gasteiger partial charge in [0.1, 0.15) is 18.2 Å². The number of piperidine rings is 3. The summed E-state index contributed by atoms with van der Waals surface area (Å²) >= 11 is 17.4. The van der Waals surface area contributed by atoms with Crippen molar-refractivity contribution in [2.24, 2.45) is 0 Å². The molecule has 2 saturated carbocycles. The van der Waals surface area contributed by atoms with Crippen LogP contribution in [0.4, 0.5) is 65.4 Å². The van der Waals surface area contributed by atoms with Gasteiger partial charge >= 0.3 is 18.5 Å². The van der Waals surface area contributed by atoms with Crippen LogP contribution in [0.1, 0.15) is 129 Å². The molecule has 28 heteroatoms. The molecule has 9 aromatic rings. The Balaban J connectivity index is 0.000000164. The fraction of sp³-hybridized carbons (Fsp3) is 0.363. The average Bonchev–Trinajstić information content (AvgIpc) is 1.44. The topological polar surface area (TPSA) is 174 Å². The molecular weight excluding hydrogens is 1610 g/mol. The number of likely N-dealkylation sites (tertiary alicyclic amines) is 3. The fourth-order valence-electron chi connectivity index (χ4n) is 16.7. The molecule has 0 spiro atoms. The number of β-amino-alcohol motifs (C(OH)–C–C–N with tert-alkyl or cyclic N) is 1. The van der Waals surface area contributed by atoms with Gasteiger partial charge in [0.25, 0.3) is 0 Å². The molecule has 3 amide bonds. The number of aliphatic hydroxyl groups is 1. The van der Waals surface area contributed by atoms with Gasteiger partial charge in [-0.25, -0.2) is 8.78 Å². The number of amides is 3. The number of carbonyl (C=O) groups excluding carboxylic acids is 3. The van der Waals surface area contributed by atoms with Gasteiger partial charge in [-0.1, -0.05) is 170 Å². The first kappa shape index (κ1) is 89.0. The van der Waals surface area contributed by atoms with Crippen molar-refractivity contribution in [1.82, 2.24) is 25.3 Å². The van der Waals surface area contributed by atoms with Crippen molar-refractivity contribution in [3.63, 3.8) is 0 Å². The summed E-state index contributed by atoms with van der Waals surface area (Å²) in [5.74, 6) is -2.24. The monoisotopic (exact) mass is 1700 g/mol. The van der Waals surface area contributed by atoms with Crippen molar-refractivity contribution < 1.29 is 72.5 Å². The highest BCUT2D eigenvalue weighted by atomic mass is 35.5. The van der Waals surface area contributed by atoms with E-state index in [1.54, 1.807) is 18.2 Å². The van der Waals surface area contributed by atoms with Gasteiger partial charge in [-0.05, 0) is 205 Å². The molecule has 0 radical (unpaired) electrons. The summed E-state index contributed by atoms with van der Waals surface area (Å²) in [5, 5.41) is 33.0. The van der Waals surface area contributed by atoms with Crippen LogP contribution in [0.25, 0.3) is 33.4 Å². The number of hydrogen-bond acceptors (Lipinski definition) is 11. The molecule has 2 aliphatic carbocycles. The maximum atomic E-state index is 13.5. The highest BCUT2D eigenvalue weighted by Crippen LogP contribution is 2.44. The molecule has 3 heterocycles. The van der Waals surface area contributed by atoms with Gasteiger partial charge in [0.2, 0.25) is 17.7 Å². The van der Waals surface area contributed by atoms with Crippen LogP contribution >= 0.6 is 34.8 Å². The minimum absolute atomic E-state index is 0.0314. The highest BCUT2D eigenvalue weighted by molar-refractivity contribution is 6.32. The van der Waals surface area contributed by atoms with E-state index in [9.17, 15) is 73.0 Å². The number of alkyl halides is 9. The zero-order chi connectivity index (χ0) is 84.7. The molecule has 3 aliphatic heterocycles. The first-order valence-electron chi connectivity index (χ1n) is 39.7. The molecule has 3 saturated heterocycles. The van der Waals surface area contributed by atoms with Gasteiger partial charge in [0, 0.05) is 86.0 Å². The molecule has 0 aromatic heterocycles. The van der Waals surface area contributed by atoms with Crippen LogP contribution in [-0.4, -0.2) is 122 Å². The molecule has 5 aliphatic rings. The van der Waals surface area contributed by atoms with E-state index in [1.165, 1.54) is 112 Å². The summed E-state index contributed by atoms with van der Waals surface area (Å²) in [7, 11) is 0. The second kappa shape index (κ2) is 39.5. The van der Waals surface area contributed by atoms with Gasteiger partial charge in [-0.15, -0.1) is 0 Å². The third-order valence-corrected chi connectivity index (χ3v) is 24.3. The van der Waals surface area contributed by atoms with Crippen molar-refractivity contribution in [2.45, 2.75) is 137 Å². The van der Waals surface area contributed by atoms with E-state index in [1.807, 2.05) is 84.9 Å². The van der Waals surface area contributed by atoms with E-state index in [2.05, 4.69) is 47.4 Å². The predicted octanol–water partition coefficient (Wildman–Crippen LogP) is 21.1. The van der Waals surface area contributed by atoms with E-state index in [-0.39, 0.29) is 53.9 Å². The number of hydrogen-bond donors (Lipinski definition) is 6. The molecule has 119 heavy (non-hydrogen) atoms. The number of benzene rings is 9. The Morgan fingerprint density at radius 2 is 0.857 bits per heavy atom. The minimum atomic E-state index is -4.65. The standard InChI is InChI=1S/2C31H32ClF4N3O.C29H27ClF3N3O3/c32-27-19-25(12-13-28(27)33)38-29(40)20-37-30(14-16-39(17-15-30)26-6-1-2-7-26)23-10-8-21(9-11-23)22-4-3-5-24(18-22)31(34,35)36;32-27-19-25(13-14-28(27)33)38-29(40)20-37-30(15-17-39(18-16-30)26-3-1-2-4-26)23-9-5-21(6-10-23)22-7-11-24(12-8-22)31(34,35)36;30-26-9-8-24(17-25(26)29(31,32)33)35-27(38)19-39-28(10-12-36(13-11-28)14-15-37)23-6-4-21(5-7-23)22-3-1-2-20(16-22)18-34/h3-5,8-13,18-19,26,37H,1-2,6-7,14-17,20H2,(H,38,40);5-14,19,26,37H,1-4,15-18,20H2,(H,38,40);1-9,16-17,37H,10-15,19H2,(H,35,38). The number of nitrogens with zero attached hydrogens (tertiary/aromatic N) is 4. The number of halogens is 14. The lowest BCUT2D eigenvalue weighted by Gasteiger charge is -2.45. The Labute approximate surface area is 699 Å². The zero-order valence-corrected chi connectivity index (χ0v) is 67.3. The van der Waals surface area contributed by atoms with Gasteiger partial charge in [-0.2, -0.15) is 44.8 Å². The largest absolute Gasteiger partial charge is 0.417 e. The molecule has 9 aromatic carbocycles. The van der Waals surface area contributed by atoms with E-state index >= 15 is 0 Å². The lowest BCUT2D eigenvalue weighted by molar-refractivity contribution is -0.138. The summed E-state index contributed by atoms with van der Waals surface area (Å²) in [6.07, 6.45) is 0.854. The van der Waals surface area contributed by atoms with Crippen molar-refractivity contribution in [3.05, 3.63) is 266 Å². The van der Waals surface area contributed by atoms with Crippen LogP contribution < -0.4 is 26.6 Å². The molecule has 0 unspecified atom stereocenters. The molecule has 628 valence electrons. The predicted molar refractivity (Wildman–Crippen MR) is 441 cm³/mol. The van der Waals surface area contributed by atoms with Crippen molar-refractivity contribution in [1.29, 1.82) is 5.26 Å². The number of ether oxygens (including phenoxy) is 1. The molecule has 6 N–H and O–H groups in total. The maximum absolute atomic E-state index is 13.5. The molecule has 14 rings (SSSR count). The van der Waals surface area contributed by atoms with E-state index < -0.39 is 74.5 Å². The van der Waals surface area contributed by atoms with Crippen LogP contribution in [0, 0.1) is 23.0 Å². The Hall–Kier alpha value is -9.30. The lowest BCUT2D eigenvalue weighted by atomic mass is 9.79. The lowest BCUT2D eigenvalue weighted by Crippen LogP contribution is -2.54. The third-order valence-electron chi connectivity index (χ3n) is 23.4. The van der Waals surface area contributed by atoms with Crippen LogP contribution in [0.3, 0.4) is 0 Å². The molecule has 5 fully saturated rings. The summed E-state index contributed by atoms with van der Waals surface area (Å²) in [5.41, 5.74) is 4.69. The van der Waals surface area contributed by atoms with Crippen molar-refractivity contribution in [2.75, 3.05) is 88.1 Å². The Morgan fingerprint density at radius 3 is 1.29 bits per heavy atom. The van der Waals surface area contributed by atoms with Crippen LogP contribution in [0.5, 0.6) is 0 Å². The third kappa shape index (κ3) is 23.3. The highest BCUT2D eigenvalue weighted by Gasteiger charge is 2.43. The summed E-state index contributed by atoms with van der Waals surface area (Å²) in [6.45, 7) is 5.17. The Morgan fingerprint density at radius 1 is 0.445 bits per heavy atom. The van der Waals surface area contributed by atoms with E-state index in [0.717, 1.165) is 122 Å². The summed E-state index contributed by atoms with van der Waals surface area (Å²) < 4.78 is 151. The van der Waals surface area contributed by atoms with Crippen molar-refractivity contribution in [3.8, 4) is 39.4 Å². The van der Waals surface area contributed by atoms with E-state index in [0.29, 0.717) is 78.2 Å². The smallest absolute Gasteiger partial charge is 0.395 e. The van der Waals surface area contributed by atoms with Crippen LogP contribution in [0.2, 0.25) is 15.1 Å². The number of carbonyl (C=O) groups is 3. The Bertz CT molecular complexity index is 4980. The second-order valence-electron chi connectivity index (χ2n) is 30.8. The zero-order valence-electron chi connectivity index (χ0n) is 65.0. The number of nitriles is 1. The van der Waals surface area contributed by atoms with Crippen molar-refractivity contribution >= 4 is 69.6 Å². The summed E-state index contributed by atoms with van der Waals surface area (Å²) in [6, 6.07) is 55.6. The van der Waals surface area contributed by atoms with Gasteiger partial charge in [0.15, 0.2) is 0 Å². The average molecular weight is 1710 g/mol. The van der Waals surface area contributed by atoms with Gasteiger partial charge < -0.3 is 40.5 Å². The van der Waals surface area contributed by atoms with Crippen LogP contribution in [-0.2, 0) is 54.3 Å². The number of anilines is 3. The van der Waals surface area contributed by atoms with Crippen LogP contribution in [0.15, 0.2) is 200 Å². The van der Waals surface area contributed by atoms with E-state index in [4.69, 9.17) is 39.5 Å². The van der Waals surface area contributed by atoms with Gasteiger partial charge in [0.05, 0.1) is 68.7 Å². The number of rotatable bonds is 22. The maximum Gasteiger partial charge on any atom is 0.417 e. The normalized spacial score (nSPS) is 17.3. The first-order valence-corrected chi connectivity index (χ1v) is 40.8. The number of aliphatic hydroxyl groups excluding tert-OH is 1. The molecule has 0 bridgehead atoms. The minimum Gasteiger partial charge on any atom is -0.395 e.